The van der Waals surface area contributed by atoms with Gasteiger partial charge in [-0.1, -0.05) is 0 Å². The summed E-state index contributed by atoms with van der Waals surface area (Å²) >= 11 is 0. The van der Waals surface area contributed by atoms with Crippen LogP contribution in [0.3, 0.4) is 0 Å². The lowest BCUT2D eigenvalue weighted by molar-refractivity contribution is 0.145. The van der Waals surface area contributed by atoms with Crippen molar-refractivity contribution in [2.45, 2.75) is 51.1 Å². The largest absolute Gasteiger partial charge is 0.418 e. The number of rotatable bonds is 7. The van der Waals surface area contributed by atoms with E-state index in [1.165, 1.54) is 0 Å². The van der Waals surface area contributed by atoms with Crippen molar-refractivity contribution in [3.8, 4) is 0 Å². The third kappa shape index (κ3) is 5.10. The Morgan fingerprint density at radius 1 is 1.57 bits per heavy atom. The zero-order valence-electron chi connectivity index (χ0n) is 9.45. The van der Waals surface area contributed by atoms with Crippen LogP contribution in [-0.2, 0) is 9.16 Å². The standard InChI is InChI=1S/C10H22O3Si/c1-4-13-14(2,3)6-5-9(11)7-10-8-12-10/h9-11H,4-8H2,1-3H3. The molecule has 2 unspecified atom stereocenters. The molecule has 0 radical (unpaired) electrons. The smallest absolute Gasteiger partial charge is 0.186 e. The first-order chi connectivity index (χ1) is 6.53. The molecule has 1 aliphatic heterocycles. The summed E-state index contributed by atoms with van der Waals surface area (Å²) in [5, 5.41) is 9.68. The highest BCUT2D eigenvalue weighted by atomic mass is 28.4. The third-order valence-corrected chi connectivity index (χ3v) is 5.11. The van der Waals surface area contributed by atoms with Crippen LogP contribution in [0.1, 0.15) is 19.8 Å². The highest BCUT2D eigenvalue weighted by Crippen LogP contribution is 2.21. The maximum absolute atomic E-state index is 9.68. The van der Waals surface area contributed by atoms with E-state index in [0.717, 1.165) is 32.1 Å². The number of ether oxygens (including phenoxy) is 1. The van der Waals surface area contributed by atoms with E-state index in [0.29, 0.717) is 6.10 Å². The molecule has 84 valence electrons. The van der Waals surface area contributed by atoms with Gasteiger partial charge < -0.3 is 14.3 Å². The number of aliphatic hydroxyl groups excluding tert-OH is 1. The summed E-state index contributed by atoms with van der Waals surface area (Å²) in [6.07, 6.45) is 1.80. The molecular weight excluding hydrogens is 196 g/mol. The quantitative estimate of drug-likeness (QED) is 0.523. The highest BCUT2D eigenvalue weighted by molar-refractivity contribution is 6.71. The normalized spacial score (nSPS) is 23.6. The molecule has 1 saturated heterocycles. The Morgan fingerprint density at radius 3 is 2.71 bits per heavy atom. The van der Waals surface area contributed by atoms with Crippen molar-refractivity contribution >= 4 is 8.32 Å². The van der Waals surface area contributed by atoms with Gasteiger partial charge in [0.2, 0.25) is 0 Å². The van der Waals surface area contributed by atoms with Gasteiger partial charge in [-0.3, -0.25) is 0 Å². The Balaban J connectivity index is 2.10. The Bertz CT molecular complexity index is 169. The van der Waals surface area contributed by atoms with Crippen LogP contribution in [0.25, 0.3) is 0 Å². The maximum atomic E-state index is 9.68. The molecule has 2 atom stereocenters. The Hall–Kier alpha value is 0.0969. The van der Waals surface area contributed by atoms with Crippen LogP contribution >= 0.6 is 0 Å². The minimum Gasteiger partial charge on any atom is -0.418 e. The molecule has 1 aliphatic rings. The summed E-state index contributed by atoms with van der Waals surface area (Å²) in [4.78, 5) is 0. The van der Waals surface area contributed by atoms with Crippen LogP contribution in [0.15, 0.2) is 0 Å². The van der Waals surface area contributed by atoms with Gasteiger partial charge in [-0.05, 0) is 32.5 Å². The van der Waals surface area contributed by atoms with E-state index in [9.17, 15) is 5.11 Å². The topological polar surface area (TPSA) is 42.0 Å². The van der Waals surface area contributed by atoms with Crippen LogP contribution in [-0.4, -0.2) is 38.8 Å². The van der Waals surface area contributed by atoms with Crippen LogP contribution < -0.4 is 0 Å². The van der Waals surface area contributed by atoms with Gasteiger partial charge in [-0.2, -0.15) is 0 Å². The fourth-order valence-electron chi connectivity index (χ4n) is 1.60. The van der Waals surface area contributed by atoms with Crippen molar-refractivity contribution in [2.75, 3.05) is 13.2 Å². The molecular formula is C10H22O3Si. The van der Waals surface area contributed by atoms with Gasteiger partial charge in [-0.15, -0.1) is 0 Å². The van der Waals surface area contributed by atoms with Crippen LogP contribution in [0.5, 0.6) is 0 Å². The third-order valence-electron chi connectivity index (χ3n) is 2.55. The summed E-state index contributed by atoms with van der Waals surface area (Å²) in [5.41, 5.74) is 0. The zero-order valence-corrected chi connectivity index (χ0v) is 10.5. The summed E-state index contributed by atoms with van der Waals surface area (Å²) in [7, 11) is -1.50. The highest BCUT2D eigenvalue weighted by Gasteiger charge is 2.28. The molecule has 1 N–H and O–H groups in total. The molecule has 0 aromatic carbocycles. The second-order valence-corrected chi connectivity index (χ2v) is 8.88. The average molecular weight is 218 g/mol. The molecule has 0 amide bonds. The van der Waals surface area contributed by atoms with E-state index in [2.05, 4.69) is 13.1 Å². The van der Waals surface area contributed by atoms with Crippen molar-refractivity contribution in [2.24, 2.45) is 0 Å². The summed E-state index contributed by atoms with van der Waals surface area (Å²) in [6.45, 7) is 8.07. The SMILES string of the molecule is CCO[Si](C)(C)CCC(O)CC1CO1. The molecule has 0 aromatic rings. The van der Waals surface area contributed by atoms with E-state index in [4.69, 9.17) is 9.16 Å². The second kappa shape index (κ2) is 5.26. The molecule has 14 heavy (non-hydrogen) atoms. The van der Waals surface area contributed by atoms with E-state index < -0.39 is 8.32 Å². The van der Waals surface area contributed by atoms with Crippen LogP contribution in [0.4, 0.5) is 0 Å². The van der Waals surface area contributed by atoms with Crippen molar-refractivity contribution in [1.29, 1.82) is 0 Å². The number of epoxide rings is 1. The molecule has 0 saturated carbocycles. The van der Waals surface area contributed by atoms with Crippen LogP contribution in [0.2, 0.25) is 19.1 Å². The monoisotopic (exact) mass is 218 g/mol. The molecule has 1 fully saturated rings. The van der Waals surface area contributed by atoms with Crippen LogP contribution in [0, 0.1) is 0 Å². The summed E-state index contributed by atoms with van der Waals surface area (Å²) in [5.74, 6) is 0. The first-order valence-electron chi connectivity index (χ1n) is 5.47. The molecule has 0 aliphatic carbocycles. The Labute approximate surface area is 87.5 Å². The molecule has 1 heterocycles. The minimum absolute atomic E-state index is 0.199. The van der Waals surface area contributed by atoms with Crippen molar-refractivity contribution in [3.63, 3.8) is 0 Å². The van der Waals surface area contributed by atoms with Gasteiger partial charge in [0.15, 0.2) is 8.32 Å². The van der Waals surface area contributed by atoms with Gasteiger partial charge in [0.25, 0.3) is 0 Å². The lowest BCUT2D eigenvalue weighted by atomic mass is 10.2. The molecule has 3 nitrogen and oxygen atoms in total. The predicted octanol–water partition coefficient (Wildman–Crippen LogP) is 1.77. The van der Waals surface area contributed by atoms with Crippen molar-refractivity contribution < 1.29 is 14.3 Å². The maximum Gasteiger partial charge on any atom is 0.186 e. The van der Waals surface area contributed by atoms with Gasteiger partial charge in [0.05, 0.1) is 18.8 Å². The van der Waals surface area contributed by atoms with Crippen molar-refractivity contribution in [1.82, 2.24) is 0 Å². The Morgan fingerprint density at radius 2 is 2.21 bits per heavy atom. The van der Waals surface area contributed by atoms with E-state index in [-0.39, 0.29) is 6.10 Å². The van der Waals surface area contributed by atoms with Gasteiger partial charge in [0.1, 0.15) is 0 Å². The van der Waals surface area contributed by atoms with E-state index in [1.54, 1.807) is 0 Å². The molecule has 0 spiro atoms. The van der Waals surface area contributed by atoms with Gasteiger partial charge >= 0.3 is 0 Å². The summed E-state index contributed by atoms with van der Waals surface area (Å²) < 4.78 is 10.8. The van der Waals surface area contributed by atoms with E-state index in [1.807, 2.05) is 6.92 Å². The number of hydrogen-bond acceptors (Lipinski definition) is 3. The molecule has 0 bridgehead atoms. The zero-order chi connectivity index (χ0) is 10.6. The average Bonchev–Trinajstić information content (AvgIpc) is 2.85. The minimum atomic E-state index is -1.50. The van der Waals surface area contributed by atoms with Gasteiger partial charge in [-0.25, -0.2) is 0 Å². The fourth-order valence-corrected chi connectivity index (χ4v) is 3.56. The number of hydrogen-bond donors (Lipinski definition) is 1. The molecule has 1 rings (SSSR count). The number of aliphatic hydroxyl groups is 1. The first kappa shape index (κ1) is 12.2. The molecule has 4 heteroatoms. The molecule has 0 aromatic heterocycles. The predicted molar refractivity (Wildman–Crippen MR) is 58.9 cm³/mol. The second-order valence-electron chi connectivity index (χ2n) is 4.58. The first-order valence-corrected chi connectivity index (χ1v) is 8.58. The van der Waals surface area contributed by atoms with Crippen molar-refractivity contribution in [3.05, 3.63) is 0 Å². The Kier molecular flexibility index (Phi) is 4.57. The lowest BCUT2D eigenvalue weighted by Crippen LogP contribution is -2.31. The summed E-state index contributed by atoms with van der Waals surface area (Å²) in [6, 6.07) is 1.04. The van der Waals surface area contributed by atoms with E-state index >= 15 is 0 Å². The lowest BCUT2D eigenvalue weighted by Gasteiger charge is -2.23. The van der Waals surface area contributed by atoms with Gasteiger partial charge in [0, 0.05) is 13.0 Å². The fraction of sp³-hybridized carbons (Fsp3) is 1.00.